The zero-order chi connectivity index (χ0) is 15.0. The molecule has 0 aromatic carbocycles. The van der Waals surface area contributed by atoms with E-state index < -0.39 is 5.97 Å². The first kappa shape index (κ1) is 16.4. The standard InChI is InChI=1S/C13H21N3O3S/c1-4-19-13(18)11-12(20-8-16-11)14-6-5-10(17)15-7-9(2)3/h8-9,14H,4-7H2,1-3H3,(H,15,17). The third-order valence-corrected chi connectivity index (χ3v) is 3.17. The first-order chi connectivity index (χ1) is 9.54. The summed E-state index contributed by atoms with van der Waals surface area (Å²) in [5, 5.41) is 6.52. The van der Waals surface area contributed by atoms with Crippen molar-refractivity contribution in [2.75, 3.05) is 25.0 Å². The monoisotopic (exact) mass is 299 g/mol. The molecule has 6 nitrogen and oxygen atoms in total. The molecule has 0 bridgehead atoms. The van der Waals surface area contributed by atoms with E-state index in [-0.39, 0.29) is 11.6 Å². The summed E-state index contributed by atoms with van der Waals surface area (Å²) in [6.45, 7) is 7.28. The minimum absolute atomic E-state index is 0.00611. The van der Waals surface area contributed by atoms with E-state index in [0.717, 1.165) is 0 Å². The number of anilines is 1. The molecule has 0 aliphatic heterocycles. The molecular weight excluding hydrogens is 278 g/mol. The molecule has 1 aromatic heterocycles. The highest BCUT2D eigenvalue weighted by Crippen LogP contribution is 2.20. The van der Waals surface area contributed by atoms with Crippen LogP contribution < -0.4 is 10.6 Å². The van der Waals surface area contributed by atoms with E-state index in [0.29, 0.717) is 37.0 Å². The number of ether oxygens (including phenoxy) is 1. The fraction of sp³-hybridized carbons (Fsp3) is 0.615. The maximum atomic E-state index is 11.6. The van der Waals surface area contributed by atoms with Crippen molar-refractivity contribution in [3.05, 3.63) is 11.2 Å². The fourth-order valence-electron chi connectivity index (χ4n) is 1.41. The predicted molar refractivity (Wildman–Crippen MR) is 79.0 cm³/mol. The van der Waals surface area contributed by atoms with Gasteiger partial charge in [0.1, 0.15) is 5.00 Å². The number of amides is 1. The minimum atomic E-state index is -0.444. The highest BCUT2D eigenvalue weighted by Gasteiger charge is 2.15. The Bertz CT molecular complexity index is 446. The van der Waals surface area contributed by atoms with Crippen LogP contribution in [-0.4, -0.2) is 36.6 Å². The first-order valence-electron chi connectivity index (χ1n) is 6.65. The van der Waals surface area contributed by atoms with Crippen LogP contribution in [-0.2, 0) is 9.53 Å². The second kappa shape index (κ2) is 8.52. The molecule has 7 heteroatoms. The molecule has 1 aromatic rings. The number of hydrogen-bond acceptors (Lipinski definition) is 6. The molecular formula is C13H21N3O3S. The van der Waals surface area contributed by atoms with Gasteiger partial charge in [0, 0.05) is 19.5 Å². The van der Waals surface area contributed by atoms with Gasteiger partial charge >= 0.3 is 5.97 Å². The lowest BCUT2D eigenvalue weighted by Crippen LogP contribution is -2.28. The van der Waals surface area contributed by atoms with E-state index in [1.54, 1.807) is 12.4 Å². The molecule has 0 saturated carbocycles. The van der Waals surface area contributed by atoms with Gasteiger partial charge in [-0.25, -0.2) is 9.78 Å². The highest BCUT2D eigenvalue weighted by atomic mass is 32.1. The van der Waals surface area contributed by atoms with Crippen molar-refractivity contribution < 1.29 is 14.3 Å². The third-order valence-electron chi connectivity index (χ3n) is 2.38. The number of hydrogen-bond donors (Lipinski definition) is 2. The topological polar surface area (TPSA) is 80.3 Å². The second-order valence-corrected chi connectivity index (χ2v) is 5.48. The van der Waals surface area contributed by atoms with E-state index in [2.05, 4.69) is 15.6 Å². The van der Waals surface area contributed by atoms with Gasteiger partial charge in [0.2, 0.25) is 5.91 Å². The zero-order valence-electron chi connectivity index (χ0n) is 12.1. The van der Waals surface area contributed by atoms with E-state index >= 15 is 0 Å². The Hall–Kier alpha value is -1.63. The van der Waals surface area contributed by atoms with Crippen LogP contribution >= 0.6 is 11.3 Å². The zero-order valence-corrected chi connectivity index (χ0v) is 12.9. The average Bonchev–Trinajstić information content (AvgIpc) is 2.85. The van der Waals surface area contributed by atoms with Crippen molar-refractivity contribution >= 4 is 28.2 Å². The van der Waals surface area contributed by atoms with Gasteiger partial charge in [0.05, 0.1) is 12.1 Å². The molecule has 1 rings (SSSR count). The molecule has 0 saturated heterocycles. The largest absolute Gasteiger partial charge is 0.461 e. The van der Waals surface area contributed by atoms with Crippen LogP contribution in [0, 0.1) is 5.92 Å². The predicted octanol–water partition coefficient (Wildman–Crippen LogP) is 1.89. The molecule has 112 valence electrons. The van der Waals surface area contributed by atoms with Gasteiger partial charge < -0.3 is 15.4 Å². The SMILES string of the molecule is CCOC(=O)c1ncsc1NCCC(=O)NCC(C)C. The lowest BCUT2D eigenvalue weighted by Gasteiger charge is -2.08. The quantitative estimate of drug-likeness (QED) is 0.717. The van der Waals surface area contributed by atoms with Gasteiger partial charge in [0.15, 0.2) is 5.69 Å². The van der Waals surface area contributed by atoms with Crippen LogP contribution in [0.3, 0.4) is 0 Å². The first-order valence-corrected chi connectivity index (χ1v) is 7.53. The maximum absolute atomic E-state index is 11.6. The number of esters is 1. The lowest BCUT2D eigenvalue weighted by molar-refractivity contribution is -0.120. The Labute approximate surface area is 122 Å². The number of nitrogens with one attached hydrogen (secondary N) is 2. The molecule has 20 heavy (non-hydrogen) atoms. The Morgan fingerprint density at radius 1 is 1.45 bits per heavy atom. The average molecular weight is 299 g/mol. The molecule has 1 heterocycles. The maximum Gasteiger partial charge on any atom is 0.360 e. The van der Waals surface area contributed by atoms with Crippen LogP contribution in [0.2, 0.25) is 0 Å². The summed E-state index contributed by atoms with van der Waals surface area (Å²) in [5.41, 5.74) is 1.85. The van der Waals surface area contributed by atoms with Gasteiger partial charge in [-0.1, -0.05) is 13.8 Å². The van der Waals surface area contributed by atoms with Crippen molar-refractivity contribution in [1.29, 1.82) is 0 Å². The summed E-state index contributed by atoms with van der Waals surface area (Å²) in [6, 6.07) is 0. The van der Waals surface area contributed by atoms with Gasteiger partial charge in [-0.3, -0.25) is 4.79 Å². The number of aromatic nitrogens is 1. The van der Waals surface area contributed by atoms with Gasteiger partial charge in [-0.05, 0) is 12.8 Å². The Balaban J connectivity index is 2.37. The molecule has 0 atom stereocenters. The van der Waals surface area contributed by atoms with Crippen LogP contribution in [0.25, 0.3) is 0 Å². The molecule has 2 N–H and O–H groups in total. The smallest absolute Gasteiger partial charge is 0.360 e. The van der Waals surface area contributed by atoms with Crippen LogP contribution in [0.4, 0.5) is 5.00 Å². The lowest BCUT2D eigenvalue weighted by atomic mass is 10.2. The number of rotatable bonds is 8. The summed E-state index contributed by atoms with van der Waals surface area (Å²) < 4.78 is 4.91. The van der Waals surface area contributed by atoms with Crippen LogP contribution in [0.5, 0.6) is 0 Å². The normalized spacial score (nSPS) is 10.4. The summed E-state index contributed by atoms with van der Waals surface area (Å²) >= 11 is 1.32. The van der Waals surface area contributed by atoms with E-state index in [1.807, 2.05) is 13.8 Å². The van der Waals surface area contributed by atoms with Crippen molar-refractivity contribution in [3.8, 4) is 0 Å². The van der Waals surface area contributed by atoms with Crippen molar-refractivity contribution in [3.63, 3.8) is 0 Å². The van der Waals surface area contributed by atoms with Gasteiger partial charge in [-0.2, -0.15) is 0 Å². The van der Waals surface area contributed by atoms with Gasteiger partial charge in [0.25, 0.3) is 0 Å². The molecule has 0 fully saturated rings. The van der Waals surface area contributed by atoms with Gasteiger partial charge in [-0.15, -0.1) is 11.3 Å². The fourth-order valence-corrected chi connectivity index (χ4v) is 2.11. The molecule has 0 spiro atoms. The van der Waals surface area contributed by atoms with Crippen molar-refractivity contribution in [2.45, 2.75) is 27.2 Å². The molecule has 1 amide bonds. The molecule has 0 unspecified atom stereocenters. The molecule has 0 radical (unpaired) electrons. The Morgan fingerprint density at radius 3 is 2.85 bits per heavy atom. The van der Waals surface area contributed by atoms with Crippen LogP contribution in [0.15, 0.2) is 5.51 Å². The number of carbonyl (C=O) groups is 2. The van der Waals surface area contributed by atoms with E-state index in [4.69, 9.17) is 4.74 Å². The van der Waals surface area contributed by atoms with E-state index in [9.17, 15) is 9.59 Å². The Morgan fingerprint density at radius 2 is 2.20 bits per heavy atom. The third kappa shape index (κ3) is 5.56. The summed E-state index contributed by atoms with van der Waals surface area (Å²) in [4.78, 5) is 27.1. The summed E-state index contributed by atoms with van der Waals surface area (Å²) in [5.74, 6) is -0.0160. The van der Waals surface area contributed by atoms with E-state index in [1.165, 1.54) is 11.3 Å². The summed E-state index contributed by atoms with van der Waals surface area (Å²) in [6.07, 6.45) is 0.354. The summed E-state index contributed by atoms with van der Waals surface area (Å²) in [7, 11) is 0. The van der Waals surface area contributed by atoms with Crippen LogP contribution in [0.1, 0.15) is 37.7 Å². The highest BCUT2D eigenvalue weighted by molar-refractivity contribution is 7.14. The number of carbonyl (C=O) groups excluding carboxylic acids is 2. The van der Waals surface area contributed by atoms with Crippen molar-refractivity contribution in [2.24, 2.45) is 5.92 Å². The minimum Gasteiger partial charge on any atom is -0.461 e. The number of thiazole rings is 1. The Kier molecular flexibility index (Phi) is 7.00. The van der Waals surface area contributed by atoms with Crippen molar-refractivity contribution in [1.82, 2.24) is 10.3 Å². The molecule has 0 aliphatic rings. The molecule has 0 aliphatic carbocycles. The second-order valence-electron chi connectivity index (χ2n) is 4.63. The number of nitrogens with zero attached hydrogens (tertiary/aromatic N) is 1.